The maximum Gasteiger partial charge on any atom is 0.254 e. The lowest BCUT2D eigenvalue weighted by Gasteiger charge is -2.23. The van der Waals surface area contributed by atoms with Gasteiger partial charge in [-0.1, -0.05) is 6.92 Å². The molecule has 4 heteroatoms. The summed E-state index contributed by atoms with van der Waals surface area (Å²) < 4.78 is 0. The van der Waals surface area contributed by atoms with E-state index in [1.165, 1.54) is 0 Å². The standard InChI is InChI=1S/C12H17N3O/c1-2-10-4-3-7-15(10)12(16)9-5-6-14-11(13)8-9/h5-6,8,10H,2-4,7H2,1H3,(H2,13,14). The number of hydrogen-bond acceptors (Lipinski definition) is 3. The van der Waals surface area contributed by atoms with Gasteiger partial charge in [-0.2, -0.15) is 0 Å². The van der Waals surface area contributed by atoms with Crippen LogP contribution >= 0.6 is 0 Å². The predicted octanol–water partition coefficient (Wildman–Crippen LogP) is 1.68. The highest BCUT2D eigenvalue weighted by molar-refractivity contribution is 5.95. The van der Waals surface area contributed by atoms with Crippen LogP contribution in [0, 0.1) is 0 Å². The van der Waals surface area contributed by atoms with Crippen molar-refractivity contribution in [2.45, 2.75) is 32.2 Å². The van der Waals surface area contributed by atoms with Gasteiger partial charge < -0.3 is 10.6 Å². The summed E-state index contributed by atoms with van der Waals surface area (Å²) in [6.45, 7) is 2.98. The van der Waals surface area contributed by atoms with E-state index < -0.39 is 0 Å². The molecule has 0 saturated carbocycles. The fourth-order valence-electron chi connectivity index (χ4n) is 2.27. The zero-order valence-corrected chi connectivity index (χ0v) is 9.52. The Morgan fingerprint density at radius 2 is 2.50 bits per heavy atom. The third-order valence-electron chi connectivity index (χ3n) is 3.14. The molecule has 0 bridgehead atoms. The molecule has 0 aromatic carbocycles. The van der Waals surface area contributed by atoms with Crippen LogP contribution in [0.4, 0.5) is 5.82 Å². The summed E-state index contributed by atoms with van der Waals surface area (Å²) in [6, 6.07) is 3.76. The molecular formula is C12H17N3O. The molecule has 2 N–H and O–H groups in total. The highest BCUT2D eigenvalue weighted by atomic mass is 16.2. The summed E-state index contributed by atoms with van der Waals surface area (Å²) in [5.41, 5.74) is 6.23. The molecule has 1 aliphatic heterocycles. The van der Waals surface area contributed by atoms with Gasteiger partial charge >= 0.3 is 0 Å². The first-order valence-corrected chi connectivity index (χ1v) is 5.75. The summed E-state index contributed by atoms with van der Waals surface area (Å²) in [5, 5.41) is 0. The minimum absolute atomic E-state index is 0.0819. The van der Waals surface area contributed by atoms with Crippen LogP contribution in [-0.4, -0.2) is 28.4 Å². The van der Waals surface area contributed by atoms with E-state index in [2.05, 4.69) is 11.9 Å². The Kier molecular flexibility index (Phi) is 3.08. The predicted molar refractivity (Wildman–Crippen MR) is 63.0 cm³/mol. The second-order valence-electron chi connectivity index (χ2n) is 4.17. The van der Waals surface area contributed by atoms with Crippen molar-refractivity contribution in [3.63, 3.8) is 0 Å². The number of amides is 1. The molecule has 1 atom stereocenters. The van der Waals surface area contributed by atoms with E-state index in [1.807, 2.05) is 4.90 Å². The number of nitrogens with two attached hydrogens (primary N) is 1. The van der Waals surface area contributed by atoms with Gasteiger partial charge in [-0.25, -0.2) is 4.98 Å². The molecule has 4 nitrogen and oxygen atoms in total. The van der Waals surface area contributed by atoms with E-state index in [-0.39, 0.29) is 5.91 Å². The topological polar surface area (TPSA) is 59.2 Å². The smallest absolute Gasteiger partial charge is 0.254 e. The van der Waals surface area contributed by atoms with E-state index >= 15 is 0 Å². The molecule has 1 aliphatic rings. The maximum absolute atomic E-state index is 12.2. The van der Waals surface area contributed by atoms with Crippen molar-refractivity contribution in [2.75, 3.05) is 12.3 Å². The minimum Gasteiger partial charge on any atom is -0.384 e. The van der Waals surface area contributed by atoms with Crippen LogP contribution in [0.25, 0.3) is 0 Å². The summed E-state index contributed by atoms with van der Waals surface area (Å²) in [5.74, 6) is 0.483. The minimum atomic E-state index is 0.0819. The molecule has 86 valence electrons. The van der Waals surface area contributed by atoms with E-state index in [4.69, 9.17) is 5.73 Å². The average molecular weight is 219 g/mol. The first-order chi connectivity index (χ1) is 7.72. The first-order valence-electron chi connectivity index (χ1n) is 5.75. The highest BCUT2D eigenvalue weighted by Crippen LogP contribution is 2.22. The van der Waals surface area contributed by atoms with Gasteiger partial charge in [0.15, 0.2) is 0 Å². The van der Waals surface area contributed by atoms with E-state index in [0.29, 0.717) is 17.4 Å². The van der Waals surface area contributed by atoms with Gasteiger partial charge in [0, 0.05) is 24.3 Å². The van der Waals surface area contributed by atoms with E-state index in [9.17, 15) is 4.79 Å². The Bertz CT molecular complexity index is 392. The van der Waals surface area contributed by atoms with Gasteiger partial charge in [0.1, 0.15) is 5.82 Å². The zero-order chi connectivity index (χ0) is 11.5. The number of carbonyl (C=O) groups excluding carboxylic acids is 1. The second kappa shape index (κ2) is 4.51. The third kappa shape index (κ3) is 2.01. The molecule has 1 aromatic heterocycles. The molecule has 2 rings (SSSR count). The Balaban J connectivity index is 2.18. The van der Waals surface area contributed by atoms with Crippen LogP contribution in [0.1, 0.15) is 36.5 Å². The maximum atomic E-state index is 12.2. The fraction of sp³-hybridized carbons (Fsp3) is 0.500. The van der Waals surface area contributed by atoms with Gasteiger partial charge in [-0.3, -0.25) is 4.79 Å². The number of hydrogen-bond donors (Lipinski definition) is 1. The third-order valence-corrected chi connectivity index (χ3v) is 3.14. The van der Waals surface area contributed by atoms with Crippen molar-refractivity contribution < 1.29 is 4.79 Å². The lowest BCUT2D eigenvalue weighted by Crippen LogP contribution is -2.35. The molecule has 0 spiro atoms. The number of nitrogen functional groups attached to an aromatic ring is 1. The SMILES string of the molecule is CCC1CCCN1C(=O)c1ccnc(N)c1. The van der Waals surface area contributed by atoms with Gasteiger partial charge in [0.25, 0.3) is 5.91 Å². The van der Waals surface area contributed by atoms with Crippen molar-refractivity contribution in [3.05, 3.63) is 23.9 Å². The molecule has 1 fully saturated rings. The quantitative estimate of drug-likeness (QED) is 0.823. The Morgan fingerprint density at radius 3 is 3.19 bits per heavy atom. The average Bonchev–Trinajstić information content (AvgIpc) is 2.76. The summed E-state index contributed by atoms with van der Waals surface area (Å²) in [4.78, 5) is 18.1. The van der Waals surface area contributed by atoms with Gasteiger partial charge in [0.05, 0.1) is 0 Å². The molecule has 0 radical (unpaired) electrons. The van der Waals surface area contributed by atoms with Crippen LogP contribution < -0.4 is 5.73 Å². The van der Waals surface area contributed by atoms with E-state index in [0.717, 1.165) is 25.8 Å². The lowest BCUT2D eigenvalue weighted by atomic mass is 10.1. The number of pyridine rings is 1. The Morgan fingerprint density at radius 1 is 1.69 bits per heavy atom. The Hall–Kier alpha value is -1.58. The van der Waals surface area contributed by atoms with Crippen molar-refractivity contribution in [1.82, 2.24) is 9.88 Å². The number of nitrogens with zero attached hydrogens (tertiary/aromatic N) is 2. The molecule has 1 amide bonds. The molecule has 0 aliphatic carbocycles. The van der Waals surface area contributed by atoms with Crippen molar-refractivity contribution in [1.29, 1.82) is 0 Å². The number of carbonyl (C=O) groups is 1. The molecule has 16 heavy (non-hydrogen) atoms. The summed E-state index contributed by atoms with van der Waals surface area (Å²) >= 11 is 0. The van der Waals surface area contributed by atoms with Crippen molar-refractivity contribution in [3.8, 4) is 0 Å². The molecule has 2 heterocycles. The van der Waals surface area contributed by atoms with E-state index in [1.54, 1.807) is 18.3 Å². The summed E-state index contributed by atoms with van der Waals surface area (Å²) in [7, 11) is 0. The number of anilines is 1. The first kappa shape index (κ1) is 10.9. The normalized spacial score (nSPS) is 20.1. The van der Waals surface area contributed by atoms with Gasteiger partial charge in [-0.05, 0) is 31.4 Å². The number of likely N-dealkylation sites (tertiary alicyclic amines) is 1. The van der Waals surface area contributed by atoms with Crippen molar-refractivity contribution in [2.24, 2.45) is 0 Å². The van der Waals surface area contributed by atoms with Crippen molar-refractivity contribution >= 4 is 11.7 Å². The fourth-order valence-corrected chi connectivity index (χ4v) is 2.27. The van der Waals surface area contributed by atoms with Crippen LogP contribution in [0.5, 0.6) is 0 Å². The van der Waals surface area contributed by atoms with Crippen LogP contribution in [-0.2, 0) is 0 Å². The van der Waals surface area contributed by atoms with Crippen LogP contribution in [0.2, 0.25) is 0 Å². The molecule has 1 unspecified atom stereocenters. The molecule has 1 aromatic rings. The molecule has 1 saturated heterocycles. The van der Waals surface area contributed by atoms with Gasteiger partial charge in [0.2, 0.25) is 0 Å². The number of rotatable bonds is 2. The summed E-state index contributed by atoms with van der Waals surface area (Å²) in [6.07, 6.45) is 4.82. The van der Waals surface area contributed by atoms with Gasteiger partial charge in [-0.15, -0.1) is 0 Å². The zero-order valence-electron chi connectivity index (χ0n) is 9.52. The van der Waals surface area contributed by atoms with Crippen LogP contribution in [0.3, 0.4) is 0 Å². The largest absolute Gasteiger partial charge is 0.384 e. The Labute approximate surface area is 95.5 Å². The van der Waals surface area contributed by atoms with Crippen LogP contribution in [0.15, 0.2) is 18.3 Å². The monoisotopic (exact) mass is 219 g/mol. The second-order valence-corrected chi connectivity index (χ2v) is 4.17. The molecular weight excluding hydrogens is 202 g/mol. The number of aromatic nitrogens is 1. The highest BCUT2D eigenvalue weighted by Gasteiger charge is 2.27. The lowest BCUT2D eigenvalue weighted by molar-refractivity contribution is 0.0733.